The molecule has 0 spiro atoms. The van der Waals surface area contributed by atoms with Gasteiger partial charge in [-0.3, -0.25) is 4.79 Å². The van der Waals surface area contributed by atoms with E-state index in [1.807, 2.05) is 36.4 Å². The van der Waals surface area contributed by atoms with E-state index in [0.717, 1.165) is 34.3 Å². The predicted molar refractivity (Wildman–Crippen MR) is 140 cm³/mol. The smallest absolute Gasteiger partial charge is 0.311 e. The summed E-state index contributed by atoms with van der Waals surface area (Å²) >= 11 is 1.00. The average molecular weight is 502 g/mol. The first-order valence-electron chi connectivity index (χ1n) is 11.2. The molecule has 3 aromatic carbocycles. The Morgan fingerprint density at radius 1 is 1.00 bits per heavy atom. The third kappa shape index (κ3) is 4.52. The van der Waals surface area contributed by atoms with Crippen molar-refractivity contribution in [3.05, 3.63) is 88.3 Å². The lowest BCUT2D eigenvalue weighted by atomic mass is 9.97. The molecule has 0 aromatic heterocycles. The van der Waals surface area contributed by atoms with Gasteiger partial charge in [-0.2, -0.15) is 10.1 Å². The number of hydrazone groups is 1. The predicted octanol–water partition coefficient (Wildman–Crippen LogP) is 5.57. The highest BCUT2D eigenvalue weighted by Gasteiger charge is 2.37. The molecule has 0 radical (unpaired) electrons. The number of para-hydroxylation sites is 1. The van der Waals surface area contributed by atoms with Gasteiger partial charge in [-0.1, -0.05) is 24.3 Å². The van der Waals surface area contributed by atoms with E-state index in [0.29, 0.717) is 28.5 Å². The molecule has 2 N–H and O–H groups in total. The quantitative estimate of drug-likeness (QED) is 0.471. The zero-order valence-electron chi connectivity index (χ0n) is 19.6. The average Bonchev–Trinajstić information content (AvgIpc) is 3.48. The van der Waals surface area contributed by atoms with Crippen LogP contribution in [0.5, 0.6) is 23.0 Å². The zero-order valence-corrected chi connectivity index (χ0v) is 20.4. The second-order valence-corrected chi connectivity index (χ2v) is 9.13. The number of amidine groups is 1. The summed E-state index contributed by atoms with van der Waals surface area (Å²) in [5.74, 6) is 1.63. The molecule has 1 atom stereocenters. The Morgan fingerprint density at radius 2 is 1.78 bits per heavy atom. The van der Waals surface area contributed by atoms with Crippen molar-refractivity contribution in [1.29, 1.82) is 0 Å². The van der Waals surface area contributed by atoms with Gasteiger partial charge in [0.25, 0.3) is 0 Å². The Labute approximate surface area is 212 Å². The molecule has 182 valence electrons. The number of benzene rings is 3. The van der Waals surface area contributed by atoms with Crippen LogP contribution in [0.3, 0.4) is 0 Å². The van der Waals surface area contributed by atoms with Gasteiger partial charge in [0, 0.05) is 12.0 Å². The molecule has 8 nitrogen and oxygen atoms in total. The summed E-state index contributed by atoms with van der Waals surface area (Å²) < 4.78 is 10.5. The maximum Gasteiger partial charge on any atom is 0.311 e. The van der Waals surface area contributed by atoms with Crippen LogP contribution in [0.25, 0.3) is 6.08 Å². The lowest BCUT2D eigenvalue weighted by Gasteiger charge is -2.24. The van der Waals surface area contributed by atoms with Crippen molar-refractivity contribution in [1.82, 2.24) is 5.01 Å². The molecule has 2 aliphatic heterocycles. The number of nitrogens with zero attached hydrogens (tertiary/aromatic N) is 3. The Bertz CT molecular complexity index is 1420. The number of aliphatic imine (C=N–C) groups is 1. The van der Waals surface area contributed by atoms with Crippen LogP contribution >= 0.6 is 11.8 Å². The molecule has 36 heavy (non-hydrogen) atoms. The number of thioether (sulfide) groups is 1. The zero-order chi connectivity index (χ0) is 25.2. The fraction of sp³-hybridized carbons (Fsp3) is 0.148. The number of methoxy groups -OCH3 is 2. The molecule has 0 bridgehead atoms. The Hall–Kier alpha value is -4.24. The Morgan fingerprint density at radius 3 is 2.50 bits per heavy atom. The fourth-order valence-electron chi connectivity index (χ4n) is 4.17. The van der Waals surface area contributed by atoms with Crippen molar-refractivity contribution in [2.75, 3.05) is 14.2 Å². The van der Waals surface area contributed by atoms with Gasteiger partial charge in [-0.05, 0) is 71.4 Å². The van der Waals surface area contributed by atoms with Gasteiger partial charge in [0.1, 0.15) is 11.5 Å². The second kappa shape index (κ2) is 9.79. The number of phenolic OH excluding ortho intramolecular Hbond substituents is 2. The van der Waals surface area contributed by atoms with Crippen LogP contribution in [-0.2, 0) is 0 Å². The van der Waals surface area contributed by atoms with Crippen molar-refractivity contribution in [3.63, 3.8) is 0 Å². The van der Waals surface area contributed by atoms with E-state index in [9.17, 15) is 15.0 Å². The SMILES string of the molecule is COc1ccc(C2=NN(C3=NC(=O)S/C3=C\c3ccc(O)c(OC)c3)C(c3ccccc3O)C2)cc1. The summed E-state index contributed by atoms with van der Waals surface area (Å²) in [5.41, 5.74) is 3.11. The standard InChI is InChI=1S/C27H23N3O5S/c1-34-18-10-8-17(9-11-18)20-15-21(19-5-3-4-6-22(19)31)30(29-20)26-25(36-27(33)28-26)14-16-7-12-23(32)24(13-16)35-2/h3-14,21,31-32H,15H2,1-2H3/b25-14-. The summed E-state index contributed by atoms with van der Waals surface area (Å²) in [4.78, 5) is 17.3. The van der Waals surface area contributed by atoms with Crippen LogP contribution in [-0.4, -0.2) is 46.2 Å². The Kier molecular flexibility index (Phi) is 6.39. The molecule has 3 aromatic rings. The number of phenols is 2. The number of carbonyl (C=O) groups excluding carboxylic acids is 1. The minimum Gasteiger partial charge on any atom is -0.508 e. The number of rotatable bonds is 5. The van der Waals surface area contributed by atoms with Crippen LogP contribution in [0.1, 0.15) is 29.2 Å². The number of amides is 1. The first-order chi connectivity index (χ1) is 17.5. The van der Waals surface area contributed by atoms with Crippen molar-refractivity contribution >= 4 is 34.6 Å². The van der Waals surface area contributed by atoms with Gasteiger partial charge in [0.15, 0.2) is 17.3 Å². The van der Waals surface area contributed by atoms with E-state index in [1.165, 1.54) is 13.2 Å². The molecule has 0 saturated carbocycles. The van der Waals surface area contributed by atoms with Crippen LogP contribution in [0.4, 0.5) is 4.79 Å². The molecule has 9 heteroatoms. The number of ether oxygens (including phenoxy) is 2. The Balaban J connectivity index is 1.57. The van der Waals surface area contributed by atoms with E-state index < -0.39 is 0 Å². The highest BCUT2D eigenvalue weighted by atomic mass is 32.2. The number of hydrogen-bond acceptors (Lipinski definition) is 8. The molecular formula is C27H23N3O5S. The van der Waals surface area contributed by atoms with E-state index in [4.69, 9.17) is 14.6 Å². The number of carbonyl (C=O) groups is 1. The molecular weight excluding hydrogens is 478 g/mol. The van der Waals surface area contributed by atoms with Crippen molar-refractivity contribution in [2.45, 2.75) is 12.5 Å². The third-order valence-corrected chi connectivity index (χ3v) is 6.75. The molecule has 1 amide bonds. The maximum absolute atomic E-state index is 12.5. The van der Waals surface area contributed by atoms with Crippen molar-refractivity contribution in [2.24, 2.45) is 10.1 Å². The normalized spacial score (nSPS) is 18.4. The monoisotopic (exact) mass is 501 g/mol. The second-order valence-electron chi connectivity index (χ2n) is 8.14. The number of hydrogen-bond donors (Lipinski definition) is 2. The lowest BCUT2D eigenvalue weighted by molar-refractivity contribution is 0.267. The highest BCUT2D eigenvalue weighted by molar-refractivity contribution is 8.18. The molecule has 2 heterocycles. The minimum absolute atomic E-state index is 0.0246. The summed E-state index contributed by atoms with van der Waals surface area (Å²) in [6, 6.07) is 19.3. The van der Waals surface area contributed by atoms with E-state index >= 15 is 0 Å². The lowest BCUT2D eigenvalue weighted by Crippen LogP contribution is -2.26. The molecule has 2 aliphatic rings. The molecule has 0 fully saturated rings. The number of aromatic hydroxyl groups is 2. The fourth-order valence-corrected chi connectivity index (χ4v) is 4.92. The van der Waals surface area contributed by atoms with Crippen LogP contribution in [0.2, 0.25) is 0 Å². The molecule has 0 aliphatic carbocycles. The first kappa shape index (κ1) is 23.5. The first-order valence-corrected chi connectivity index (χ1v) is 12.0. The van der Waals surface area contributed by atoms with Gasteiger partial charge >= 0.3 is 5.24 Å². The van der Waals surface area contributed by atoms with E-state index in [2.05, 4.69) is 4.99 Å². The largest absolute Gasteiger partial charge is 0.508 e. The van der Waals surface area contributed by atoms with E-state index in [1.54, 1.807) is 42.5 Å². The van der Waals surface area contributed by atoms with Crippen LogP contribution in [0.15, 0.2) is 81.7 Å². The van der Waals surface area contributed by atoms with Gasteiger partial charge < -0.3 is 19.7 Å². The topological polar surface area (TPSA) is 104 Å². The molecule has 0 saturated heterocycles. The van der Waals surface area contributed by atoms with Gasteiger partial charge in [0.2, 0.25) is 0 Å². The third-order valence-electron chi connectivity index (χ3n) is 5.96. The summed E-state index contributed by atoms with van der Waals surface area (Å²) in [5, 5.41) is 26.8. The van der Waals surface area contributed by atoms with Crippen LogP contribution in [0, 0.1) is 0 Å². The molecule has 5 rings (SSSR count). The summed E-state index contributed by atoms with van der Waals surface area (Å²) in [6.07, 6.45) is 2.31. The molecule has 1 unspecified atom stereocenters. The van der Waals surface area contributed by atoms with Crippen molar-refractivity contribution < 1.29 is 24.5 Å². The summed E-state index contributed by atoms with van der Waals surface area (Å²) in [6.45, 7) is 0. The van der Waals surface area contributed by atoms with E-state index in [-0.39, 0.29) is 22.8 Å². The maximum atomic E-state index is 12.5. The van der Waals surface area contributed by atoms with Gasteiger partial charge in [-0.15, -0.1) is 0 Å². The van der Waals surface area contributed by atoms with Crippen LogP contribution < -0.4 is 9.47 Å². The van der Waals surface area contributed by atoms with Gasteiger partial charge in [-0.25, -0.2) is 5.01 Å². The highest BCUT2D eigenvalue weighted by Crippen LogP contribution is 2.42. The van der Waals surface area contributed by atoms with Crippen molar-refractivity contribution in [3.8, 4) is 23.0 Å². The summed E-state index contributed by atoms with van der Waals surface area (Å²) in [7, 11) is 3.09. The van der Waals surface area contributed by atoms with Gasteiger partial charge in [0.05, 0.1) is 30.9 Å². The minimum atomic E-state index is -0.369.